The number of nitrogens with zero attached hydrogens (tertiary/aromatic N) is 3. The first kappa shape index (κ1) is 9.95. The second-order valence-corrected chi connectivity index (χ2v) is 3.50. The van der Waals surface area contributed by atoms with Crippen LogP contribution in [0.4, 0.5) is 11.9 Å². The normalized spacial score (nSPS) is 15.8. The molecule has 6 nitrogen and oxygen atoms in total. The van der Waals surface area contributed by atoms with Gasteiger partial charge in [0.25, 0.3) is 0 Å². The summed E-state index contributed by atoms with van der Waals surface area (Å²) in [6.07, 6.45) is 3.58. The van der Waals surface area contributed by atoms with E-state index in [9.17, 15) is 0 Å². The largest absolute Gasteiger partial charge is 0.464 e. The fourth-order valence-corrected chi connectivity index (χ4v) is 1.37. The number of hydrogen-bond acceptors (Lipinski definition) is 6. The summed E-state index contributed by atoms with van der Waals surface area (Å²) < 4.78 is 5.18. The van der Waals surface area contributed by atoms with E-state index < -0.39 is 0 Å². The lowest BCUT2D eigenvalue weighted by atomic mass is 9.93. The number of hydrogen-bond donors (Lipinski definition) is 2. The van der Waals surface area contributed by atoms with Gasteiger partial charge in [0.15, 0.2) is 0 Å². The molecule has 0 radical (unpaired) electrons. The maximum Gasteiger partial charge on any atom is 0.323 e. The molecule has 0 saturated heterocycles. The number of aromatic nitrogens is 3. The molecule has 0 bridgehead atoms. The molecular formula is C9H15N5O. The van der Waals surface area contributed by atoms with Crippen LogP contribution in [-0.2, 0) is 0 Å². The number of nitrogen functional groups attached to an aromatic ring is 1. The zero-order valence-corrected chi connectivity index (χ0v) is 8.73. The SMILES string of the molecule is CCOc1nc(N)nc(NC2CCC2)n1. The van der Waals surface area contributed by atoms with Gasteiger partial charge in [-0.15, -0.1) is 0 Å². The van der Waals surface area contributed by atoms with Crippen molar-refractivity contribution in [3.63, 3.8) is 0 Å². The molecule has 0 spiro atoms. The van der Waals surface area contributed by atoms with E-state index >= 15 is 0 Å². The molecule has 0 aromatic carbocycles. The highest BCUT2D eigenvalue weighted by Crippen LogP contribution is 2.22. The van der Waals surface area contributed by atoms with Crippen LogP contribution in [0.25, 0.3) is 0 Å². The summed E-state index contributed by atoms with van der Waals surface area (Å²) >= 11 is 0. The quantitative estimate of drug-likeness (QED) is 0.763. The fourth-order valence-electron chi connectivity index (χ4n) is 1.37. The van der Waals surface area contributed by atoms with E-state index in [1.807, 2.05) is 6.92 Å². The Kier molecular flexibility index (Phi) is 2.84. The Hall–Kier alpha value is -1.59. The third kappa shape index (κ3) is 2.45. The molecule has 0 amide bonds. The molecule has 1 aliphatic rings. The maximum atomic E-state index is 5.54. The first-order valence-electron chi connectivity index (χ1n) is 5.19. The lowest BCUT2D eigenvalue weighted by molar-refractivity contribution is 0.312. The van der Waals surface area contributed by atoms with E-state index in [-0.39, 0.29) is 12.0 Å². The van der Waals surface area contributed by atoms with Crippen molar-refractivity contribution in [3.8, 4) is 6.01 Å². The average molecular weight is 209 g/mol. The van der Waals surface area contributed by atoms with Crippen molar-refractivity contribution in [2.24, 2.45) is 0 Å². The van der Waals surface area contributed by atoms with E-state index in [4.69, 9.17) is 10.5 Å². The van der Waals surface area contributed by atoms with Crippen molar-refractivity contribution in [2.45, 2.75) is 32.2 Å². The van der Waals surface area contributed by atoms with Gasteiger partial charge in [-0.1, -0.05) is 0 Å². The molecule has 3 N–H and O–H groups in total. The molecule has 0 unspecified atom stereocenters. The van der Waals surface area contributed by atoms with Gasteiger partial charge in [0.2, 0.25) is 11.9 Å². The van der Waals surface area contributed by atoms with Crippen LogP contribution in [0.3, 0.4) is 0 Å². The van der Waals surface area contributed by atoms with E-state index in [1.54, 1.807) is 0 Å². The molecule has 0 atom stereocenters. The summed E-state index contributed by atoms with van der Waals surface area (Å²) in [7, 11) is 0. The Morgan fingerprint density at radius 2 is 2.20 bits per heavy atom. The molecule has 82 valence electrons. The van der Waals surface area contributed by atoms with E-state index in [1.165, 1.54) is 6.42 Å². The predicted octanol–water partition coefficient (Wildman–Crippen LogP) is 0.817. The minimum Gasteiger partial charge on any atom is -0.464 e. The number of nitrogens with two attached hydrogens (primary N) is 1. The summed E-state index contributed by atoms with van der Waals surface area (Å²) in [5.74, 6) is 0.700. The Morgan fingerprint density at radius 1 is 1.40 bits per heavy atom. The third-order valence-corrected chi connectivity index (χ3v) is 2.34. The molecule has 0 aliphatic heterocycles. The Balaban J connectivity index is 2.07. The van der Waals surface area contributed by atoms with Crippen molar-refractivity contribution < 1.29 is 4.74 Å². The lowest BCUT2D eigenvalue weighted by Gasteiger charge is -2.26. The van der Waals surface area contributed by atoms with Crippen LogP contribution in [-0.4, -0.2) is 27.6 Å². The van der Waals surface area contributed by atoms with Crippen molar-refractivity contribution in [1.82, 2.24) is 15.0 Å². The zero-order chi connectivity index (χ0) is 10.7. The van der Waals surface area contributed by atoms with Crippen LogP contribution in [0.15, 0.2) is 0 Å². The second-order valence-electron chi connectivity index (χ2n) is 3.50. The molecular weight excluding hydrogens is 194 g/mol. The van der Waals surface area contributed by atoms with Gasteiger partial charge in [0, 0.05) is 6.04 Å². The van der Waals surface area contributed by atoms with Crippen molar-refractivity contribution in [2.75, 3.05) is 17.7 Å². The number of rotatable bonds is 4. The van der Waals surface area contributed by atoms with Gasteiger partial charge < -0.3 is 15.8 Å². The summed E-state index contributed by atoms with van der Waals surface area (Å²) in [4.78, 5) is 12.0. The van der Waals surface area contributed by atoms with Gasteiger partial charge in [-0.2, -0.15) is 15.0 Å². The molecule has 1 aromatic rings. The van der Waals surface area contributed by atoms with E-state index in [2.05, 4.69) is 20.3 Å². The number of nitrogens with one attached hydrogen (secondary N) is 1. The zero-order valence-electron chi connectivity index (χ0n) is 8.73. The molecule has 6 heteroatoms. The molecule has 15 heavy (non-hydrogen) atoms. The summed E-state index contributed by atoms with van der Waals surface area (Å²) in [5.41, 5.74) is 5.54. The first-order chi connectivity index (χ1) is 7.28. The van der Waals surface area contributed by atoms with Gasteiger partial charge in [-0.25, -0.2) is 0 Å². The van der Waals surface area contributed by atoms with Crippen LogP contribution in [0.2, 0.25) is 0 Å². The summed E-state index contributed by atoms with van der Waals surface area (Å²) in [6.45, 7) is 2.39. The highest BCUT2D eigenvalue weighted by atomic mass is 16.5. The van der Waals surface area contributed by atoms with E-state index in [0.717, 1.165) is 12.8 Å². The number of ether oxygens (including phenoxy) is 1. The Bertz CT molecular complexity index is 339. The predicted molar refractivity (Wildman–Crippen MR) is 56.7 cm³/mol. The van der Waals surface area contributed by atoms with Gasteiger partial charge >= 0.3 is 6.01 Å². The van der Waals surface area contributed by atoms with E-state index in [0.29, 0.717) is 18.6 Å². The van der Waals surface area contributed by atoms with Crippen molar-refractivity contribution in [3.05, 3.63) is 0 Å². The van der Waals surface area contributed by atoms with Gasteiger partial charge in [0.1, 0.15) is 0 Å². The van der Waals surface area contributed by atoms with Gasteiger partial charge in [-0.05, 0) is 26.2 Å². The third-order valence-electron chi connectivity index (χ3n) is 2.34. The van der Waals surface area contributed by atoms with Gasteiger partial charge in [-0.3, -0.25) is 0 Å². The summed E-state index contributed by atoms with van der Waals surface area (Å²) in [5, 5.41) is 3.20. The van der Waals surface area contributed by atoms with Crippen molar-refractivity contribution in [1.29, 1.82) is 0 Å². The minimum absolute atomic E-state index is 0.190. The molecule has 2 rings (SSSR count). The molecule has 1 aromatic heterocycles. The van der Waals surface area contributed by atoms with Gasteiger partial charge in [0.05, 0.1) is 6.61 Å². The highest BCUT2D eigenvalue weighted by molar-refractivity contribution is 5.33. The van der Waals surface area contributed by atoms with Crippen LogP contribution < -0.4 is 15.8 Å². The second kappa shape index (κ2) is 4.29. The topological polar surface area (TPSA) is 86.0 Å². The highest BCUT2D eigenvalue weighted by Gasteiger charge is 2.18. The minimum atomic E-state index is 0.190. The Morgan fingerprint density at radius 3 is 2.80 bits per heavy atom. The van der Waals surface area contributed by atoms with Crippen LogP contribution in [0.1, 0.15) is 26.2 Å². The first-order valence-corrected chi connectivity index (χ1v) is 5.19. The monoisotopic (exact) mass is 209 g/mol. The molecule has 1 saturated carbocycles. The Labute approximate surface area is 88.3 Å². The van der Waals surface area contributed by atoms with Crippen LogP contribution in [0, 0.1) is 0 Å². The van der Waals surface area contributed by atoms with Crippen LogP contribution >= 0.6 is 0 Å². The maximum absolute atomic E-state index is 5.54. The molecule has 1 heterocycles. The smallest absolute Gasteiger partial charge is 0.323 e. The fraction of sp³-hybridized carbons (Fsp3) is 0.667. The molecule has 1 fully saturated rings. The van der Waals surface area contributed by atoms with Crippen LogP contribution in [0.5, 0.6) is 6.01 Å². The molecule has 1 aliphatic carbocycles. The number of anilines is 2. The standard InChI is InChI=1S/C9H15N5O/c1-2-15-9-13-7(10)12-8(14-9)11-6-4-3-5-6/h6H,2-5H2,1H3,(H3,10,11,12,13,14). The summed E-state index contributed by atoms with van der Waals surface area (Å²) in [6, 6.07) is 0.758. The average Bonchev–Trinajstić information content (AvgIpc) is 2.11. The van der Waals surface area contributed by atoms with Crippen molar-refractivity contribution >= 4 is 11.9 Å². The lowest BCUT2D eigenvalue weighted by Crippen LogP contribution is -2.28.